The van der Waals surface area contributed by atoms with Gasteiger partial charge in [0.2, 0.25) is 0 Å². The number of amides is 1. The minimum Gasteiger partial charge on any atom is -0.453 e. The van der Waals surface area contributed by atoms with Crippen molar-refractivity contribution in [2.24, 2.45) is 5.10 Å². The number of hydrogen-bond acceptors (Lipinski definition) is 4. The average Bonchev–Trinajstić information content (AvgIpc) is 3.31. The highest BCUT2D eigenvalue weighted by atomic mass is 79.9. The molecular formula is C23H16BrN3O2. The van der Waals surface area contributed by atoms with Gasteiger partial charge in [-0.05, 0) is 29.8 Å². The smallest absolute Gasteiger partial charge is 0.306 e. The van der Waals surface area contributed by atoms with Crippen LogP contribution in [0.5, 0.6) is 5.75 Å². The van der Waals surface area contributed by atoms with E-state index in [-0.39, 0.29) is 11.9 Å². The van der Waals surface area contributed by atoms with E-state index in [4.69, 9.17) is 9.84 Å². The standard InChI is InChI=1S/C23H16BrN3O2/c24-15-10-11-18-17(12-15)23(22(28)25-18)27-20(16-8-4-5-9-21(16)29-23)13-19(26-27)14-6-2-1-3-7-14/h1-12,20H,13H2,(H,25,28)/t20-,23-/m1/s1. The number of hydrazone groups is 1. The molecule has 1 N–H and O–H groups in total. The van der Waals surface area contributed by atoms with Gasteiger partial charge in [0.15, 0.2) is 0 Å². The zero-order valence-corrected chi connectivity index (χ0v) is 16.9. The normalized spacial score (nSPS) is 23.8. The molecule has 5 nitrogen and oxygen atoms in total. The molecule has 0 unspecified atom stereocenters. The van der Waals surface area contributed by atoms with E-state index in [9.17, 15) is 4.79 Å². The van der Waals surface area contributed by atoms with Gasteiger partial charge in [-0.3, -0.25) is 4.79 Å². The molecule has 1 amide bonds. The molecule has 3 aliphatic rings. The summed E-state index contributed by atoms with van der Waals surface area (Å²) in [4.78, 5) is 13.4. The number of anilines is 1. The van der Waals surface area contributed by atoms with E-state index >= 15 is 0 Å². The first-order valence-electron chi connectivity index (χ1n) is 9.48. The molecule has 3 heterocycles. The number of fused-ring (bicyclic) bond motifs is 6. The van der Waals surface area contributed by atoms with Crippen LogP contribution in [-0.2, 0) is 10.5 Å². The van der Waals surface area contributed by atoms with Crippen LogP contribution in [0, 0.1) is 0 Å². The Balaban J connectivity index is 1.59. The average molecular weight is 446 g/mol. The summed E-state index contributed by atoms with van der Waals surface area (Å²) < 4.78 is 7.34. The first-order valence-corrected chi connectivity index (χ1v) is 10.3. The Morgan fingerprint density at radius 2 is 1.86 bits per heavy atom. The van der Waals surface area contributed by atoms with E-state index in [0.717, 1.165) is 38.3 Å². The van der Waals surface area contributed by atoms with Gasteiger partial charge in [0, 0.05) is 16.5 Å². The van der Waals surface area contributed by atoms with E-state index in [0.29, 0.717) is 6.42 Å². The lowest BCUT2D eigenvalue weighted by Gasteiger charge is -2.44. The van der Waals surface area contributed by atoms with Crippen molar-refractivity contribution in [3.05, 3.63) is 94.0 Å². The van der Waals surface area contributed by atoms with E-state index < -0.39 is 5.72 Å². The lowest BCUT2D eigenvalue weighted by atomic mass is 9.92. The number of ether oxygens (including phenoxy) is 1. The van der Waals surface area contributed by atoms with Gasteiger partial charge in [-0.25, -0.2) is 5.01 Å². The third-order valence-corrected chi connectivity index (χ3v) is 6.27. The predicted molar refractivity (Wildman–Crippen MR) is 114 cm³/mol. The number of nitrogens with one attached hydrogen (secondary N) is 1. The monoisotopic (exact) mass is 445 g/mol. The molecule has 0 saturated heterocycles. The molecule has 0 bridgehead atoms. The summed E-state index contributed by atoms with van der Waals surface area (Å²) in [6.45, 7) is 0. The van der Waals surface area contributed by atoms with Crippen molar-refractivity contribution in [1.29, 1.82) is 0 Å². The molecular weight excluding hydrogens is 430 g/mol. The fourth-order valence-corrected chi connectivity index (χ4v) is 4.83. The minimum absolute atomic E-state index is 0.0779. The van der Waals surface area contributed by atoms with Crippen LogP contribution in [0.4, 0.5) is 5.69 Å². The third-order valence-electron chi connectivity index (χ3n) is 5.78. The molecule has 0 saturated carbocycles. The van der Waals surface area contributed by atoms with Crippen molar-refractivity contribution in [3.8, 4) is 5.75 Å². The van der Waals surface area contributed by atoms with Crippen molar-refractivity contribution in [2.45, 2.75) is 18.2 Å². The van der Waals surface area contributed by atoms with E-state index in [1.165, 1.54) is 0 Å². The van der Waals surface area contributed by atoms with Gasteiger partial charge >= 0.3 is 5.72 Å². The molecule has 3 aliphatic heterocycles. The number of hydrogen-bond donors (Lipinski definition) is 1. The van der Waals surface area contributed by atoms with Crippen molar-refractivity contribution in [3.63, 3.8) is 0 Å². The van der Waals surface area contributed by atoms with Crippen LogP contribution in [-0.4, -0.2) is 16.6 Å². The molecule has 29 heavy (non-hydrogen) atoms. The van der Waals surface area contributed by atoms with Crippen molar-refractivity contribution < 1.29 is 9.53 Å². The van der Waals surface area contributed by atoms with Gasteiger partial charge in [0.1, 0.15) is 5.75 Å². The summed E-state index contributed by atoms with van der Waals surface area (Å²) >= 11 is 3.54. The summed E-state index contributed by atoms with van der Waals surface area (Å²) in [7, 11) is 0. The van der Waals surface area contributed by atoms with Crippen LogP contribution in [0.2, 0.25) is 0 Å². The molecule has 142 valence electrons. The molecule has 3 aromatic carbocycles. The largest absolute Gasteiger partial charge is 0.453 e. The molecule has 1 spiro atoms. The van der Waals surface area contributed by atoms with Crippen LogP contribution in [0.25, 0.3) is 0 Å². The van der Waals surface area contributed by atoms with Gasteiger partial charge in [0.25, 0.3) is 5.91 Å². The van der Waals surface area contributed by atoms with E-state index in [1.807, 2.05) is 59.6 Å². The maximum atomic E-state index is 13.4. The topological polar surface area (TPSA) is 53.9 Å². The second kappa shape index (κ2) is 5.94. The molecule has 0 aromatic heterocycles. The Kier molecular flexibility index (Phi) is 3.44. The fourth-order valence-electron chi connectivity index (χ4n) is 4.47. The number of carbonyl (C=O) groups is 1. The number of benzene rings is 3. The van der Waals surface area contributed by atoms with Gasteiger partial charge in [-0.1, -0.05) is 64.5 Å². The highest BCUT2D eigenvalue weighted by Crippen LogP contribution is 2.54. The number of rotatable bonds is 1. The SMILES string of the molecule is O=C1Nc2ccc(Br)cc2[C@@]12Oc1ccccc1[C@H]1CC(c3ccccc3)=NN12. The zero-order valence-electron chi connectivity index (χ0n) is 15.3. The Morgan fingerprint density at radius 3 is 2.72 bits per heavy atom. The lowest BCUT2D eigenvalue weighted by molar-refractivity contribution is -0.161. The third kappa shape index (κ3) is 2.26. The second-order valence-corrected chi connectivity index (χ2v) is 8.32. The van der Waals surface area contributed by atoms with Crippen LogP contribution in [0.3, 0.4) is 0 Å². The van der Waals surface area contributed by atoms with Crippen LogP contribution >= 0.6 is 15.9 Å². The summed E-state index contributed by atoms with van der Waals surface area (Å²) in [6, 6.07) is 23.7. The summed E-state index contributed by atoms with van der Waals surface area (Å²) in [5.74, 6) is 0.504. The van der Waals surface area contributed by atoms with E-state index in [2.05, 4.69) is 39.4 Å². The first kappa shape index (κ1) is 16.8. The fraction of sp³-hybridized carbons (Fsp3) is 0.130. The Labute approximate surface area is 176 Å². The maximum Gasteiger partial charge on any atom is 0.306 e. The molecule has 2 atom stereocenters. The van der Waals surface area contributed by atoms with Gasteiger partial charge in [-0.15, -0.1) is 0 Å². The van der Waals surface area contributed by atoms with Gasteiger partial charge in [-0.2, -0.15) is 5.10 Å². The Hall–Kier alpha value is -3.12. The maximum absolute atomic E-state index is 13.4. The van der Waals surface area contributed by atoms with Crippen molar-refractivity contribution >= 4 is 33.2 Å². The molecule has 3 aromatic rings. The summed E-state index contributed by atoms with van der Waals surface area (Å²) in [5.41, 5.74) is 3.25. The van der Waals surface area contributed by atoms with Gasteiger partial charge in [0.05, 0.1) is 23.0 Å². The van der Waals surface area contributed by atoms with Crippen LogP contribution in [0.15, 0.2) is 82.4 Å². The highest BCUT2D eigenvalue weighted by molar-refractivity contribution is 9.10. The number of para-hydroxylation sites is 1. The van der Waals surface area contributed by atoms with Gasteiger partial charge < -0.3 is 10.1 Å². The van der Waals surface area contributed by atoms with Crippen molar-refractivity contribution in [1.82, 2.24) is 5.01 Å². The summed E-state index contributed by atoms with van der Waals surface area (Å²) in [5, 5.41) is 9.78. The Bertz CT molecular complexity index is 1190. The lowest BCUT2D eigenvalue weighted by Crippen LogP contribution is -2.55. The number of halogens is 1. The van der Waals surface area contributed by atoms with Crippen LogP contribution in [0.1, 0.15) is 29.2 Å². The number of carbonyl (C=O) groups excluding carboxylic acids is 1. The molecule has 6 rings (SSSR count). The summed E-state index contributed by atoms with van der Waals surface area (Å²) in [6.07, 6.45) is 0.711. The zero-order chi connectivity index (χ0) is 19.6. The number of nitrogens with zero attached hydrogens (tertiary/aromatic N) is 2. The van der Waals surface area contributed by atoms with Crippen LogP contribution < -0.4 is 10.1 Å². The predicted octanol–water partition coefficient (Wildman–Crippen LogP) is 4.80. The van der Waals surface area contributed by atoms with E-state index in [1.54, 1.807) is 0 Å². The molecule has 6 heteroatoms. The minimum atomic E-state index is -1.32. The first-order chi connectivity index (χ1) is 14.2. The molecule has 0 radical (unpaired) electrons. The molecule has 0 aliphatic carbocycles. The quantitative estimate of drug-likeness (QED) is 0.585. The van der Waals surface area contributed by atoms with Crippen molar-refractivity contribution in [2.75, 3.05) is 5.32 Å². The Morgan fingerprint density at radius 1 is 1.07 bits per heavy atom. The second-order valence-electron chi connectivity index (χ2n) is 7.41. The highest BCUT2D eigenvalue weighted by Gasteiger charge is 2.60. The molecule has 0 fully saturated rings.